The molecule has 2 rings (SSSR count). The zero-order valence-electron chi connectivity index (χ0n) is 9.18. The minimum Gasteiger partial charge on any atom is -0.476 e. The fourth-order valence-corrected chi connectivity index (χ4v) is 1.37. The van der Waals surface area contributed by atoms with Gasteiger partial charge in [0, 0.05) is 17.6 Å². The SMILES string of the molecule is COc1ncc2ccc(OC(C)N)cc2n1. The predicted octanol–water partition coefficient (Wildman–Crippen LogP) is 1.32. The van der Waals surface area contributed by atoms with Crippen LogP contribution in [0.15, 0.2) is 24.4 Å². The van der Waals surface area contributed by atoms with Crippen molar-refractivity contribution < 1.29 is 9.47 Å². The summed E-state index contributed by atoms with van der Waals surface area (Å²) in [5, 5.41) is 0.929. The van der Waals surface area contributed by atoms with E-state index in [0.717, 1.165) is 10.9 Å². The minimum absolute atomic E-state index is 0.338. The molecule has 2 N–H and O–H groups in total. The highest BCUT2D eigenvalue weighted by Crippen LogP contribution is 2.20. The number of fused-ring (bicyclic) bond motifs is 1. The van der Waals surface area contributed by atoms with Gasteiger partial charge in [-0.05, 0) is 19.1 Å². The molecule has 1 aromatic heterocycles. The Morgan fingerprint density at radius 2 is 2.19 bits per heavy atom. The van der Waals surface area contributed by atoms with Crippen LogP contribution in [0, 0.1) is 0 Å². The quantitative estimate of drug-likeness (QED) is 0.788. The number of methoxy groups -OCH3 is 1. The third-order valence-electron chi connectivity index (χ3n) is 2.04. The molecule has 1 aromatic carbocycles. The average Bonchev–Trinajstić information content (AvgIpc) is 2.27. The van der Waals surface area contributed by atoms with Gasteiger partial charge in [-0.3, -0.25) is 5.73 Å². The van der Waals surface area contributed by atoms with E-state index in [-0.39, 0.29) is 6.23 Å². The first-order valence-electron chi connectivity index (χ1n) is 4.92. The van der Waals surface area contributed by atoms with Crippen LogP contribution < -0.4 is 15.2 Å². The Hall–Kier alpha value is -1.88. The summed E-state index contributed by atoms with van der Waals surface area (Å²) in [5.74, 6) is 0.684. The molecule has 0 saturated heterocycles. The number of hydrogen-bond donors (Lipinski definition) is 1. The van der Waals surface area contributed by atoms with Gasteiger partial charge in [0.05, 0.1) is 12.6 Å². The van der Waals surface area contributed by atoms with Gasteiger partial charge < -0.3 is 9.47 Å². The predicted molar refractivity (Wildman–Crippen MR) is 60.4 cm³/mol. The smallest absolute Gasteiger partial charge is 0.316 e. The van der Waals surface area contributed by atoms with E-state index < -0.39 is 0 Å². The van der Waals surface area contributed by atoms with Gasteiger partial charge in [-0.25, -0.2) is 4.98 Å². The molecule has 5 heteroatoms. The molecule has 2 aromatic rings. The van der Waals surface area contributed by atoms with Gasteiger partial charge >= 0.3 is 6.01 Å². The molecule has 84 valence electrons. The molecule has 0 aliphatic heterocycles. The summed E-state index contributed by atoms with van der Waals surface area (Å²) in [6, 6.07) is 5.86. The lowest BCUT2D eigenvalue weighted by molar-refractivity contribution is 0.230. The van der Waals surface area contributed by atoms with Crippen LogP contribution in [0.5, 0.6) is 11.8 Å². The number of nitrogens with two attached hydrogens (primary N) is 1. The van der Waals surface area contributed by atoms with Gasteiger partial charge in [0.25, 0.3) is 0 Å². The lowest BCUT2D eigenvalue weighted by Gasteiger charge is -2.09. The maximum Gasteiger partial charge on any atom is 0.316 e. The molecule has 0 amide bonds. The Morgan fingerprint density at radius 1 is 1.38 bits per heavy atom. The third-order valence-corrected chi connectivity index (χ3v) is 2.04. The fourth-order valence-electron chi connectivity index (χ4n) is 1.37. The van der Waals surface area contributed by atoms with Crippen molar-refractivity contribution >= 4 is 10.9 Å². The molecule has 1 atom stereocenters. The maximum atomic E-state index is 5.54. The van der Waals surface area contributed by atoms with E-state index in [1.165, 1.54) is 7.11 Å². The summed E-state index contributed by atoms with van der Waals surface area (Å²) in [4.78, 5) is 8.22. The van der Waals surface area contributed by atoms with Crippen LogP contribution in [0.2, 0.25) is 0 Å². The Bertz CT molecular complexity index is 500. The van der Waals surface area contributed by atoms with Crippen LogP contribution >= 0.6 is 0 Å². The molecular formula is C11H13N3O2. The zero-order chi connectivity index (χ0) is 11.5. The van der Waals surface area contributed by atoms with Gasteiger partial charge in [-0.2, -0.15) is 4.98 Å². The van der Waals surface area contributed by atoms with Crippen molar-refractivity contribution in [1.82, 2.24) is 9.97 Å². The number of hydrogen-bond acceptors (Lipinski definition) is 5. The van der Waals surface area contributed by atoms with E-state index in [0.29, 0.717) is 11.8 Å². The van der Waals surface area contributed by atoms with E-state index in [1.54, 1.807) is 13.1 Å². The largest absolute Gasteiger partial charge is 0.476 e. The van der Waals surface area contributed by atoms with Crippen LogP contribution in [0.25, 0.3) is 10.9 Å². The van der Waals surface area contributed by atoms with Crippen LogP contribution in [0.1, 0.15) is 6.92 Å². The van der Waals surface area contributed by atoms with Crippen molar-refractivity contribution in [3.63, 3.8) is 0 Å². The van der Waals surface area contributed by atoms with Crippen LogP contribution in [0.4, 0.5) is 0 Å². The highest BCUT2D eigenvalue weighted by atomic mass is 16.5. The standard InChI is InChI=1S/C11H13N3O2/c1-7(12)16-9-4-3-8-6-13-11(15-2)14-10(8)5-9/h3-7H,12H2,1-2H3. The summed E-state index contributed by atoms with van der Waals surface area (Å²) in [6.07, 6.45) is 1.36. The van der Waals surface area contributed by atoms with Crippen LogP contribution in [-0.4, -0.2) is 23.3 Å². The normalized spacial score (nSPS) is 12.4. The Labute approximate surface area is 93.2 Å². The summed E-state index contributed by atoms with van der Waals surface area (Å²) in [7, 11) is 1.53. The van der Waals surface area contributed by atoms with Gasteiger partial charge in [0.1, 0.15) is 12.0 Å². The molecular weight excluding hydrogens is 206 g/mol. The molecule has 0 fully saturated rings. The van der Waals surface area contributed by atoms with Gasteiger partial charge in [0.15, 0.2) is 0 Å². The molecule has 0 saturated carbocycles. The number of ether oxygens (including phenoxy) is 2. The Morgan fingerprint density at radius 3 is 2.88 bits per heavy atom. The highest BCUT2D eigenvalue weighted by Gasteiger charge is 2.03. The van der Waals surface area contributed by atoms with E-state index >= 15 is 0 Å². The molecule has 0 aliphatic rings. The van der Waals surface area contributed by atoms with Crippen LogP contribution in [0.3, 0.4) is 0 Å². The van der Waals surface area contributed by atoms with Gasteiger partial charge in [-0.15, -0.1) is 0 Å². The van der Waals surface area contributed by atoms with Crippen molar-refractivity contribution in [1.29, 1.82) is 0 Å². The molecule has 0 radical (unpaired) electrons. The van der Waals surface area contributed by atoms with E-state index in [2.05, 4.69) is 9.97 Å². The molecule has 16 heavy (non-hydrogen) atoms. The van der Waals surface area contributed by atoms with Crippen molar-refractivity contribution in [2.45, 2.75) is 13.2 Å². The van der Waals surface area contributed by atoms with Gasteiger partial charge in [-0.1, -0.05) is 0 Å². The first kappa shape index (κ1) is 10.6. The highest BCUT2D eigenvalue weighted by molar-refractivity contribution is 5.79. The summed E-state index contributed by atoms with van der Waals surface area (Å²) in [5.41, 5.74) is 6.31. The zero-order valence-corrected chi connectivity index (χ0v) is 9.18. The van der Waals surface area contributed by atoms with Crippen molar-refractivity contribution in [3.8, 4) is 11.8 Å². The Kier molecular flexibility index (Phi) is 2.87. The topological polar surface area (TPSA) is 70.3 Å². The summed E-state index contributed by atoms with van der Waals surface area (Å²) < 4.78 is 10.3. The van der Waals surface area contributed by atoms with E-state index in [1.807, 2.05) is 18.2 Å². The molecule has 1 heterocycles. The first-order valence-corrected chi connectivity index (χ1v) is 4.92. The number of aromatic nitrogens is 2. The monoisotopic (exact) mass is 219 g/mol. The lowest BCUT2D eigenvalue weighted by Crippen LogP contribution is -2.22. The third kappa shape index (κ3) is 2.20. The summed E-state index contributed by atoms with van der Waals surface area (Å²) >= 11 is 0. The summed E-state index contributed by atoms with van der Waals surface area (Å²) in [6.45, 7) is 1.77. The maximum absolute atomic E-state index is 5.54. The number of benzene rings is 1. The minimum atomic E-state index is -0.346. The molecule has 0 spiro atoms. The second-order valence-corrected chi connectivity index (χ2v) is 3.40. The van der Waals surface area contributed by atoms with E-state index in [4.69, 9.17) is 15.2 Å². The van der Waals surface area contributed by atoms with Crippen molar-refractivity contribution in [3.05, 3.63) is 24.4 Å². The number of rotatable bonds is 3. The van der Waals surface area contributed by atoms with Crippen molar-refractivity contribution in [2.24, 2.45) is 5.73 Å². The number of nitrogens with zero attached hydrogens (tertiary/aromatic N) is 2. The molecule has 0 aliphatic carbocycles. The Balaban J connectivity index is 2.42. The molecule has 5 nitrogen and oxygen atoms in total. The second-order valence-electron chi connectivity index (χ2n) is 3.40. The first-order chi connectivity index (χ1) is 7.69. The van der Waals surface area contributed by atoms with E-state index in [9.17, 15) is 0 Å². The second kappa shape index (κ2) is 4.32. The van der Waals surface area contributed by atoms with Crippen LogP contribution in [-0.2, 0) is 0 Å². The lowest BCUT2D eigenvalue weighted by atomic mass is 10.2. The fraction of sp³-hybridized carbons (Fsp3) is 0.273. The molecule has 1 unspecified atom stereocenters. The van der Waals surface area contributed by atoms with Crippen molar-refractivity contribution in [2.75, 3.05) is 7.11 Å². The molecule has 0 bridgehead atoms. The van der Waals surface area contributed by atoms with Gasteiger partial charge in [0.2, 0.25) is 0 Å². The average molecular weight is 219 g/mol.